The molecule has 2 rings (SSSR count). The van der Waals surface area contributed by atoms with E-state index in [1.807, 2.05) is 30.3 Å². The number of nitrogens with zero attached hydrogens (tertiary/aromatic N) is 1. The van der Waals surface area contributed by atoms with Crippen LogP contribution >= 0.6 is 15.9 Å². The summed E-state index contributed by atoms with van der Waals surface area (Å²) in [6, 6.07) is 10.3. The number of hydrogen-bond acceptors (Lipinski definition) is 3. The van der Waals surface area contributed by atoms with Gasteiger partial charge in [0.25, 0.3) is 0 Å². The second-order valence-corrected chi connectivity index (χ2v) is 5.91. The van der Waals surface area contributed by atoms with E-state index in [-0.39, 0.29) is 0 Å². The molecule has 1 aromatic carbocycles. The Morgan fingerprint density at radius 1 is 1.25 bits per heavy atom. The van der Waals surface area contributed by atoms with Crippen molar-refractivity contribution in [2.75, 3.05) is 0 Å². The van der Waals surface area contributed by atoms with Crippen molar-refractivity contribution < 1.29 is 4.74 Å². The summed E-state index contributed by atoms with van der Waals surface area (Å²) in [6.07, 6.45) is 1.77. The van der Waals surface area contributed by atoms with Crippen molar-refractivity contribution in [1.82, 2.24) is 10.3 Å². The number of aromatic nitrogens is 1. The van der Waals surface area contributed by atoms with Crippen LogP contribution < -0.4 is 10.1 Å². The van der Waals surface area contributed by atoms with Crippen LogP contribution in [0.3, 0.4) is 0 Å². The Kier molecular flexibility index (Phi) is 5.15. The van der Waals surface area contributed by atoms with Crippen LogP contribution in [0, 0.1) is 6.92 Å². The van der Waals surface area contributed by atoms with E-state index in [4.69, 9.17) is 4.74 Å². The van der Waals surface area contributed by atoms with Gasteiger partial charge in [0.15, 0.2) is 0 Å². The highest BCUT2D eigenvalue weighted by atomic mass is 79.9. The van der Waals surface area contributed by atoms with E-state index in [0.717, 1.165) is 28.2 Å². The van der Waals surface area contributed by atoms with Crippen LogP contribution in [0.15, 0.2) is 41.0 Å². The topological polar surface area (TPSA) is 34.1 Å². The number of benzene rings is 1. The molecule has 20 heavy (non-hydrogen) atoms. The van der Waals surface area contributed by atoms with Gasteiger partial charge < -0.3 is 10.1 Å². The molecule has 0 bridgehead atoms. The normalized spacial score (nSPS) is 10.8. The molecule has 0 atom stereocenters. The van der Waals surface area contributed by atoms with Gasteiger partial charge in [-0.3, -0.25) is 4.98 Å². The third-order valence-electron chi connectivity index (χ3n) is 2.79. The van der Waals surface area contributed by atoms with Gasteiger partial charge in [0.05, 0.1) is 10.2 Å². The van der Waals surface area contributed by atoms with E-state index >= 15 is 0 Å². The van der Waals surface area contributed by atoms with Crippen molar-refractivity contribution in [3.63, 3.8) is 0 Å². The van der Waals surface area contributed by atoms with Gasteiger partial charge in [-0.15, -0.1) is 0 Å². The van der Waals surface area contributed by atoms with Gasteiger partial charge in [-0.2, -0.15) is 0 Å². The summed E-state index contributed by atoms with van der Waals surface area (Å²) < 4.78 is 6.85. The zero-order chi connectivity index (χ0) is 14.5. The lowest BCUT2D eigenvalue weighted by Crippen LogP contribution is -2.22. The Bertz CT molecular complexity index is 584. The number of hydrogen-bond donors (Lipinski definition) is 1. The Morgan fingerprint density at radius 3 is 2.75 bits per heavy atom. The molecule has 0 saturated heterocycles. The minimum atomic E-state index is 0.438. The molecule has 0 spiro atoms. The average molecular weight is 335 g/mol. The van der Waals surface area contributed by atoms with E-state index in [0.29, 0.717) is 6.04 Å². The first-order chi connectivity index (χ1) is 9.54. The highest BCUT2D eigenvalue weighted by molar-refractivity contribution is 9.10. The van der Waals surface area contributed by atoms with Gasteiger partial charge in [-0.25, -0.2) is 0 Å². The first kappa shape index (κ1) is 15.0. The van der Waals surface area contributed by atoms with Crippen LogP contribution in [0.1, 0.15) is 25.1 Å². The number of aryl methyl sites for hydroxylation is 1. The second kappa shape index (κ2) is 6.86. The SMILES string of the molecule is Cc1ccc(Oc2ccnc(CNC(C)C)c2)c(Br)c1. The summed E-state index contributed by atoms with van der Waals surface area (Å²) in [4.78, 5) is 4.34. The zero-order valence-electron chi connectivity index (χ0n) is 12.0. The first-order valence-corrected chi connectivity index (χ1v) is 7.46. The lowest BCUT2D eigenvalue weighted by Gasteiger charge is -2.11. The fourth-order valence-electron chi connectivity index (χ4n) is 1.74. The predicted molar refractivity (Wildman–Crippen MR) is 85.2 cm³/mol. The zero-order valence-corrected chi connectivity index (χ0v) is 13.6. The summed E-state index contributed by atoms with van der Waals surface area (Å²) in [5.41, 5.74) is 2.17. The van der Waals surface area contributed by atoms with Crippen LogP contribution in [0.5, 0.6) is 11.5 Å². The maximum Gasteiger partial charge on any atom is 0.141 e. The Labute approximate surface area is 128 Å². The molecule has 106 valence electrons. The number of nitrogens with one attached hydrogen (secondary N) is 1. The molecule has 0 radical (unpaired) electrons. The molecule has 0 aliphatic rings. The molecule has 4 heteroatoms. The van der Waals surface area contributed by atoms with Gasteiger partial charge in [0, 0.05) is 24.8 Å². The summed E-state index contributed by atoms with van der Waals surface area (Å²) in [7, 11) is 0. The molecule has 0 aliphatic carbocycles. The number of pyridine rings is 1. The lowest BCUT2D eigenvalue weighted by molar-refractivity contribution is 0.476. The van der Waals surface area contributed by atoms with Crippen LogP contribution in [-0.4, -0.2) is 11.0 Å². The molecule has 0 amide bonds. The van der Waals surface area contributed by atoms with Gasteiger partial charge >= 0.3 is 0 Å². The van der Waals surface area contributed by atoms with Crippen LogP contribution in [0.25, 0.3) is 0 Å². The average Bonchev–Trinajstić information content (AvgIpc) is 2.40. The molecule has 0 saturated carbocycles. The molecule has 0 fully saturated rings. The van der Waals surface area contributed by atoms with E-state index in [1.165, 1.54) is 5.56 Å². The van der Waals surface area contributed by atoms with Crippen molar-refractivity contribution in [2.24, 2.45) is 0 Å². The summed E-state index contributed by atoms with van der Waals surface area (Å²) in [5, 5.41) is 3.34. The van der Waals surface area contributed by atoms with Crippen molar-refractivity contribution in [2.45, 2.75) is 33.4 Å². The lowest BCUT2D eigenvalue weighted by atomic mass is 10.2. The molecular weight excluding hydrogens is 316 g/mol. The van der Waals surface area contributed by atoms with Gasteiger partial charge in [0.2, 0.25) is 0 Å². The fourth-order valence-corrected chi connectivity index (χ4v) is 2.31. The maximum atomic E-state index is 5.90. The molecule has 0 aliphatic heterocycles. The Hall–Kier alpha value is -1.39. The predicted octanol–water partition coefficient (Wildman–Crippen LogP) is 4.44. The van der Waals surface area contributed by atoms with E-state index in [1.54, 1.807) is 6.20 Å². The van der Waals surface area contributed by atoms with E-state index in [2.05, 4.69) is 47.0 Å². The molecule has 2 aromatic rings. The maximum absolute atomic E-state index is 5.90. The first-order valence-electron chi connectivity index (χ1n) is 6.67. The standard InChI is InChI=1S/C16H19BrN2O/c1-11(2)19-10-13-9-14(6-7-18-13)20-16-5-4-12(3)8-15(16)17/h4-9,11,19H,10H2,1-3H3. The van der Waals surface area contributed by atoms with Crippen LogP contribution in [0.4, 0.5) is 0 Å². The summed E-state index contributed by atoms with van der Waals surface area (Å²) in [6.45, 7) is 7.02. The fraction of sp³-hybridized carbons (Fsp3) is 0.312. The van der Waals surface area contributed by atoms with Crippen molar-refractivity contribution in [3.8, 4) is 11.5 Å². The van der Waals surface area contributed by atoms with E-state index in [9.17, 15) is 0 Å². The summed E-state index contributed by atoms with van der Waals surface area (Å²) in [5.74, 6) is 1.61. The quantitative estimate of drug-likeness (QED) is 0.877. The third kappa shape index (κ3) is 4.32. The monoisotopic (exact) mass is 334 g/mol. The highest BCUT2D eigenvalue weighted by Gasteiger charge is 2.04. The molecule has 3 nitrogen and oxygen atoms in total. The number of ether oxygens (including phenoxy) is 1. The van der Waals surface area contributed by atoms with Gasteiger partial charge in [-0.1, -0.05) is 19.9 Å². The highest BCUT2D eigenvalue weighted by Crippen LogP contribution is 2.30. The minimum absolute atomic E-state index is 0.438. The van der Waals surface area contributed by atoms with Crippen LogP contribution in [0.2, 0.25) is 0 Å². The third-order valence-corrected chi connectivity index (χ3v) is 3.41. The molecule has 1 heterocycles. The molecule has 1 N–H and O–H groups in total. The van der Waals surface area contributed by atoms with Crippen molar-refractivity contribution >= 4 is 15.9 Å². The number of halogens is 1. The molecule has 1 aromatic heterocycles. The minimum Gasteiger partial charge on any atom is -0.456 e. The largest absolute Gasteiger partial charge is 0.456 e. The Balaban J connectivity index is 2.11. The van der Waals surface area contributed by atoms with Crippen LogP contribution in [-0.2, 0) is 6.54 Å². The van der Waals surface area contributed by atoms with Gasteiger partial charge in [0.1, 0.15) is 11.5 Å². The smallest absolute Gasteiger partial charge is 0.141 e. The molecular formula is C16H19BrN2O. The van der Waals surface area contributed by atoms with Crippen molar-refractivity contribution in [1.29, 1.82) is 0 Å². The summed E-state index contributed by atoms with van der Waals surface area (Å²) >= 11 is 3.52. The Morgan fingerprint density at radius 2 is 2.05 bits per heavy atom. The van der Waals surface area contributed by atoms with Crippen molar-refractivity contribution in [3.05, 3.63) is 52.3 Å². The number of rotatable bonds is 5. The molecule has 0 unspecified atom stereocenters. The van der Waals surface area contributed by atoms with E-state index < -0.39 is 0 Å². The second-order valence-electron chi connectivity index (χ2n) is 5.05. The van der Waals surface area contributed by atoms with Gasteiger partial charge in [-0.05, 0) is 46.6 Å².